The quantitative estimate of drug-likeness (QED) is 0.738. The van der Waals surface area contributed by atoms with Crippen LogP contribution in [0.15, 0.2) is 22.7 Å². The summed E-state index contributed by atoms with van der Waals surface area (Å²) in [5.74, 6) is -0.473. The van der Waals surface area contributed by atoms with Crippen molar-refractivity contribution in [3.63, 3.8) is 0 Å². The van der Waals surface area contributed by atoms with Crippen molar-refractivity contribution in [2.45, 2.75) is 44.6 Å². The first-order chi connectivity index (χ1) is 9.09. The number of rotatable bonds is 2. The predicted octanol–water partition coefficient (Wildman–Crippen LogP) is 4.38. The highest BCUT2D eigenvalue weighted by Gasteiger charge is 2.23. The standard InChI is InChI=1S/C15H19BrFNO/c1-18(12-6-4-2-3-5-7-12)15(19)13-10-11(17)8-9-14(13)16/h8-10,12H,2-7H2,1H3. The third kappa shape index (κ3) is 3.56. The molecule has 1 aliphatic rings. The van der Waals surface area contributed by atoms with Gasteiger partial charge in [0, 0.05) is 17.6 Å². The van der Waals surface area contributed by atoms with Gasteiger partial charge in [-0.1, -0.05) is 25.7 Å². The normalized spacial score (nSPS) is 17.0. The van der Waals surface area contributed by atoms with Gasteiger partial charge in [0.2, 0.25) is 0 Å². The molecule has 4 heteroatoms. The number of benzene rings is 1. The van der Waals surface area contributed by atoms with Crippen LogP contribution < -0.4 is 0 Å². The average molecular weight is 328 g/mol. The van der Waals surface area contributed by atoms with Gasteiger partial charge in [-0.15, -0.1) is 0 Å². The Balaban J connectivity index is 2.15. The zero-order chi connectivity index (χ0) is 13.8. The maximum absolute atomic E-state index is 13.3. The molecule has 0 heterocycles. The molecule has 19 heavy (non-hydrogen) atoms. The molecule has 0 radical (unpaired) electrons. The molecule has 0 N–H and O–H groups in total. The van der Waals surface area contributed by atoms with Gasteiger partial charge in [-0.05, 0) is 47.0 Å². The van der Waals surface area contributed by atoms with E-state index in [2.05, 4.69) is 15.9 Å². The first-order valence-electron chi connectivity index (χ1n) is 6.82. The van der Waals surface area contributed by atoms with Crippen molar-refractivity contribution in [3.8, 4) is 0 Å². The highest BCUT2D eigenvalue weighted by Crippen LogP contribution is 2.25. The Hall–Kier alpha value is -0.900. The summed E-state index contributed by atoms with van der Waals surface area (Å²) >= 11 is 3.32. The van der Waals surface area contributed by atoms with Crippen molar-refractivity contribution in [2.24, 2.45) is 0 Å². The van der Waals surface area contributed by atoms with Gasteiger partial charge in [0.25, 0.3) is 5.91 Å². The third-order valence-corrected chi connectivity index (χ3v) is 4.54. The average Bonchev–Trinajstić information content (AvgIpc) is 2.69. The molecule has 1 aromatic carbocycles. The Morgan fingerprint density at radius 1 is 1.26 bits per heavy atom. The number of hydrogen-bond donors (Lipinski definition) is 0. The van der Waals surface area contributed by atoms with Crippen LogP contribution in [0.2, 0.25) is 0 Å². The lowest BCUT2D eigenvalue weighted by Gasteiger charge is -2.27. The van der Waals surface area contributed by atoms with Gasteiger partial charge in [0.05, 0.1) is 5.56 Å². The number of nitrogens with zero attached hydrogens (tertiary/aromatic N) is 1. The molecule has 1 amide bonds. The molecular formula is C15H19BrFNO. The Bertz CT molecular complexity index is 455. The molecule has 104 valence electrons. The van der Waals surface area contributed by atoms with E-state index in [-0.39, 0.29) is 17.8 Å². The number of amides is 1. The predicted molar refractivity (Wildman–Crippen MR) is 77.7 cm³/mol. The Labute approximate surface area is 122 Å². The smallest absolute Gasteiger partial charge is 0.255 e. The Morgan fingerprint density at radius 3 is 2.53 bits per heavy atom. The van der Waals surface area contributed by atoms with E-state index >= 15 is 0 Å². The second-order valence-electron chi connectivity index (χ2n) is 5.19. The Morgan fingerprint density at radius 2 is 1.89 bits per heavy atom. The molecular weight excluding hydrogens is 309 g/mol. The second-order valence-corrected chi connectivity index (χ2v) is 6.04. The molecule has 1 fully saturated rings. The van der Waals surface area contributed by atoms with E-state index in [0.717, 1.165) is 12.8 Å². The molecule has 0 bridgehead atoms. The topological polar surface area (TPSA) is 20.3 Å². The van der Waals surface area contributed by atoms with E-state index in [9.17, 15) is 9.18 Å². The molecule has 0 aromatic heterocycles. The first kappa shape index (κ1) is 14.5. The highest BCUT2D eigenvalue weighted by molar-refractivity contribution is 9.10. The van der Waals surface area contributed by atoms with E-state index in [1.54, 1.807) is 11.0 Å². The van der Waals surface area contributed by atoms with Crippen molar-refractivity contribution in [1.82, 2.24) is 4.90 Å². The molecule has 1 aliphatic carbocycles. The maximum atomic E-state index is 13.3. The van der Waals surface area contributed by atoms with Crippen molar-refractivity contribution >= 4 is 21.8 Å². The first-order valence-corrected chi connectivity index (χ1v) is 7.61. The van der Waals surface area contributed by atoms with Crippen LogP contribution in [0.1, 0.15) is 48.9 Å². The molecule has 0 unspecified atom stereocenters. The van der Waals surface area contributed by atoms with Crippen LogP contribution >= 0.6 is 15.9 Å². The number of carbonyl (C=O) groups excluding carboxylic acids is 1. The second kappa shape index (κ2) is 6.51. The van der Waals surface area contributed by atoms with Gasteiger partial charge in [-0.25, -0.2) is 4.39 Å². The highest BCUT2D eigenvalue weighted by atomic mass is 79.9. The fraction of sp³-hybridized carbons (Fsp3) is 0.533. The van der Waals surface area contributed by atoms with Crippen molar-refractivity contribution in [3.05, 3.63) is 34.1 Å². The summed E-state index contributed by atoms with van der Waals surface area (Å²) in [6, 6.07) is 4.53. The number of halogens is 2. The molecule has 1 aromatic rings. The lowest BCUT2D eigenvalue weighted by atomic mass is 10.1. The molecule has 0 atom stereocenters. The fourth-order valence-electron chi connectivity index (χ4n) is 2.66. The maximum Gasteiger partial charge on any atom is 0.255 e. The number of carbonyl (C=O) groups is 1. The summed E-state index contributed by atoms with van der Waals surface area (Å²) in [5, 5.41) is 0. The summed E-state index contributed by atoms with van der Waals surface area (Å²) in [6.45, 7) is 0. The summed E-state index contributed by atoms with van der Waals surface area (Å²) in [4.78, 5) is 14.2. The SMILES string of the molecule is CN(C(=O)c1cc(F)ccc1Br)C1CCCCCC1. The van der Waals surface area contributed by atoms with Crippen LogP contribution in [0.4, 0.5) is 4.39 Å². The van der Waals surface area contributed by atoms with Gasteiger partial charge in [-0.3, -0.25) is 4.79 Å². The van der Waals surface area contributed by atoms with Gasteiger partial charge in [0.1, 0.15) is 5.82 Å². The molecule has 0 spiro atoms. The van der Waals surface area contributed by atoms with Crippen LogP contribution in [-0.2, 0) is 0 Å². The third-order valence-electron chi connectivity index (χ3n) is 3.85. The van der Waals surface area contributed by atoms with E-state index in [1.165, 1.54) is 37.8 Å². The lowest BCUT2D eigenvalue weighted by molar-refractivity contribution is 0.0716. The number of hydrogen-bond acceptors (Lipinski definition) is 1. The van der Waals surface area contributed by atoms with Crippen LogP contribution in [-0.4, -0.2) is 23.9 Å². The fourth-order valence-corrected chi connectivity index (χ4v) is 3.08. The summed E-state index contributed by atoms with van der Waals surface area (Å²) in [6.07, 6.45) is 6.95. The zero-order valence-electron chi connectivity index (χ0n) is 11.2. The zero-order valence-corrected chi connectivity index (χ0v) is 12.7. The molecule has 1 saturated carbocycles. The van der Waals surface area contributed by atoms with Crippen molar-refractivity contribution in [1.29, 1.82) is 0 Å². The van der Waals surface area contributed by atoms with Crippen LogP contribution in [0.5, 0.6) is 0 Å². The van der Waals surface area contributed by atoms with E-state index < -0.39 is 0 Å². The molecule has 0 aliphatic heterocycles. The van der Waals surface area contributed by atoms with Gasteiger partial charge in [0.15, 0.2) is 0 Å². The van der Waals surface area contributed by atoms with E-state index in [4.69, 9.17) is 0 Å². The van der Waals surface area contributed by atoms with Gasteiger partial charge < -0.3 is 4.90 Å². The minimum atomic E-state index is -0.374. The van der Waals surface area contributed by atoms with Crippen LogP contribution in [0.3, 0.4) is 0 Å². The van der Waals surface area contributed by atoms with Crippen LogP contribution in [0, 0.1) is 5.82 Å². The van der Waals surface area contributed by atoms with E-state index in [0.29, 0.717) is 10.0 Å². The largest absolute Gasteiger partial charge is 0.339 e. The van der Waals surface area contributed by atoms with Gasteiger partial charge >= 0.3 is 0 Å². The lowest BCUT2D eigenvalue weighted by Crippen LogP contribution is -2.37. The molecule has 2 rings (SSSR count). The summed E-state index contributed by atoms with van der Waals surface area (Å²) in [5.41, 5.74) is 0.409. The minimum absolute atomic E-state index is 0.0988. The Kier molecular flexibility index (Phi) is 4.97. The van der Waals surface area contributed by atoms with E-state index in [1.807, 2.05) is 7.05 Å². The van der Waals surface area contributed by atoms with Crippen molar-refractivity contribution < 1.29 is 9.18 Å². The molecule has 0 saturated heterocycles. The molecule has 2 nitrogen and oxygen atoms in total. The van der Waals surface area contributed by atoms with Crippen LogP contribution in [0.25, 0.3) is 0 Å². The van der Waals surface area contributed by atoms with Gasteiger partial charge in [-0.2, -0.15) is 0 Å². The summed E-state index contributed by atoms with van der Waals surface area (Å²) < 4.78 is 13.9. The summed E-state index contributed by atoms with van der Waals surface area (Å²) in [7, 11) is 1.83. The monoisotopic (exact) mass is 327 g/mol. The van der Waals surface area contributed by atoms with Crippen molar-refractivity contribution in [2.75, 3.05) is 7.05 Å². The minimum Gasteiger partial charge on any atom is -0.339 e.